The van der Waals surface area contributed by atoms with E-state index in [2.05, 4.69) is 0 Å². The van der Waals surface area contributed by atoms with Crippen LogP contribution >= 0.6 is 11.6 Å². The van der Waals surface area contributed by atoms with Crippen molar-refractivity contribution in [3.8, 4) is 0 Å². The lowest BCUT2D eigenvalue weighted by atomic mass is 10.2. The molecular formula is C8H11ClN2. The molecule has 0 fully saturated rings. The first-order chi connectivity index (χ1) is 5.20. The van der Waals surface area contributed by atoms with E-state index in [1.807, 2.05) is 17.8 Å². The molecule has 0 saturated heterocycles. The van der Waals surface area contributed by atoms with Crippen LogP contribution in [0.1, 0.15) is 23.6 Å². The Morgan fingerprint density at radius 1 is 1.73 bits per heavy atom. The van der Waals surface area contributed by atoms with Crippen LogP contribution in [-0.4, -0.2) is 4.57 Å². The van der Waals surface area contributed by atoms with Gasteiger partial charge in [0.15, 0.2) is 0 Å². The zero-order valence-corrected chi connectivity index (χ0v) is 7.23. The number of nitrogens with zero attached hydrogens (tertiary/aromatic N) is 1. The molecule has 0 aromatic carbocycles. The van der Waals surface area contributed by atoms with Crippen LogP contribution in [-0.2, 0) is 13.5 Å². The molecule has 0 aliphatic heterocycles. The number of rotatable bonds is 0. The highest BCUT2D eigenvalue weighted by Crippen LogP contribution is 2.34. The Hall–Kier alpha value is -0.470. The topological polar surface area (TPSA) is 30.9 Å². The van der Waals surface area contributed by atoms with Crippen molar-refractivity contribution in [2.24, 2.45) is 12.8 Å². The van der Waals surface area contributed by atoms with Gasteiger partial charge in [-0.15, -0.1) is 0 Å². The lowest BCUT2D eigenvalue weighted by Crippen LogP contribution is -2.04. The van der Waals surface area contributed by atoms with Crippen molar-refractivity contribution < 1.29 is 0 Å². The summed E-state index contributed by atoms with van der Waals surface area (Å²) in [5, 5.41) is 0.855. The number of halogens is 1. The molecule has 1 aliphatic rings. The van der Waals surface area contributed by atoms with Gasteiger partial charge in [-0.1, -0.05) is 11.6 Å². The van der Waals surface area contributed by atoms with Gasteiger partial charge in [0.1, 0.15) is 5.15 Å². The van der Waals surface area contributed by atoms with Crippen molar-refractivity contribution in [2.75, 3.05) is 0 Å². The van der Waals surface area contributed by atoms with Crippen molar-refractivity contribution in [1.82, 2.24) is 4.57 Å². The molecule has 1 unspecified atom stereocenters. The number of hydrogen-bond donors (Lipinski definition) is 1. The highest BCUT2D eigenvalue weighted by Gasteiger charge is 2.23. The lowest BCUT2D eigenvalue weighted by Gasteiger charge is -1.99. The van der Waals surface area contributed by atoms with Crippen molar-refractivity contribution in [3.63, 3.8) is 0 Å². The van der Waals surface area contributed by atoms with Crippen LogP contribution < -0.4 is 5.73 Å². The maximum atomic E-state index is 6.03. The molecule has 1 aromatic rings. The standard InChI is InChI=1S/C8H11ClN2/c1-11-4-6-5(8(11)9)2-3-7(6)10/h4,7H,2-3,10H2,1H3. The Morgan fingerprint density at radius 2 is 2.45 bits per heavy atom. The molecule has 1 aliphatic carbocycles. The van der Waals surface area contributed by atoms with Gasteiger partial charge in [-0.05, 0) is 24.0 Å². The third kappa shape index (κ3) is 0.898. The van der Waals surface area contributed by atoms with Crippen LogP contribution in [0.25, 0.3) is 0 Å². The van der Waals surface area contributed by atoms with E-state index in [9.17, 15) is 0 Å². The third-order valence-corrected chi connectivity index (χ3v) is 2.84. The molecule has 0 amide bonds. The van der Waals surface area contributed by atoms with E-state index in [1.165, 1.54) is 11.1 Å². The van der Waals surface area contributed by atoms with Crippen molar-refractivity contribution >= 4 is 11.6 Å². The molecule has 0 radical (unpaired) electrons. The summed E-state index contributed by atoms with van der Waals surface area (Å²) in [4.78, 5) is 0. The molecular weight excluding hydrogens is 160 g/mol. The van der Waals surface area contributed by atoms with Crippen LogP contribution in [0, 0.1) is 0 Å². The monoisotopic (exact) mass is 170 g/mol. The van der Waals surface area contributed by atoms with Gasteiger partial charge in [-0.3, -0.25) is 0 Å². The largest absolute Gasteiger partial charge is 0.341 e. The van der Waals surface area contributed by atoms with Gasteiger partial charge in [0, 0.05) is 19.3 Å². The van der Waals surface area contributed by atoms with Crippen LogP contribution in [0.4, 0.5) is 0 Å². The first-order valence-electron chi connectivity index (χ1n) is 3.79. The Kier molecular flexibility index (Phi) is 1.48. The molecule has 0 bridgehead atoms. The molecule has 0 saturated carbocycles. The van der Waals surface area contributed by atoms with Crippen LogP contribution in [0.3, 0.4) is 0 Å². The van der Waals surface area contributed by atoms with Crippen LogP contribution in [0.5, 0.6) is 0 Å². The smallest absolute Gasteiger partial charge is 0.112 e. The molecule has 0 spiro atoms. The Bertz CT molecular complexity index is 291. The van der Waals surface area contributed by atoms with Gasteiger partial charge >= 0.3 is 0 Å². The van der Waals surface area contributed by atoms with Crippen LogP contribution in [0.2, 0.25) is 5.15 Å². The minimum absolute atomic E-state index is 0.212. The average molecular weight is 171 g/mol. The maximum Gasteiger partial charge on any atom is 0.112 e. The van der Waals surface area contributed by atoms with E-state index < -0.39 is 0 Å². The summed E-state index contributed by atoms with van der Waals surface area (Å²) in [7, 11) is 1.95. The minimum atomic E-state index is 0.212. The van der Waals surface area contributed by atoms with Crippen molar-refractivity contribution in [3.05, 3.63) is 22.5 Å². The first kappa shape index (κ1) is 7.19. The fourth-order valence-electron chi connectivity index (χ4n) is 1.70. The predicted molar refractivity (Wildman–Crippen MR) is 45.7 cm³/mol. The number of nitrogens with two attached hydrogens (primary N) is 1. The number of fused-ring (bicyclic) bond motifs is 1. The maximum absolute atomic E-state index is 6.03. The summed E-state index contributed by atoms with van der Waals surface area (Å²) in [6.07, 6.45) is 4.12. The lowest BCUT2D eigenvalue weighted by molar-refractivity contribution is 0.701. The fraction of sp³-hybridized carbons (Fsp3) is 0.500. The third-order valence-electron chi connectivity index (χ3n) is 2.34. The van der Waals surface area contributed by atoms with E-state index in [1.54, 1.807) is 0 Å². The highest BCUT2D eigenvalue weighted by atomic mass is 35.5. The van der Waals surface area contributed by atoms with Gasteiger partial charge in [-0.2, -0.15) is 0 Å². The molecule has 1 heterocycles. The predicted octanol–water partition coefficient (Wildman–Crippen LogP) is 1.62. The fourth-order valence-corrected chi connectivity index (χ4v) is 1.95. The number of aryl methyl sites for hydroxylation is 1. The summed E-state index contributed by atoms with van der Waals surface area (Å²) in [5.41, 5.74) is 8.34. The summed E-state index contributed by atoms with van der Waals surface area (Å²) in [6, 6.07) is 0.212. The van der Waals surface area contributed by atoms with E-state index in [0.717, 1.165) is 18.0 Å². The van der Waals surface area contributed by atoms with Crippen molar-refractivity contribution in [2.45, 2.75) is 18.9 Å². The average Bonchev–Trinajstić information content (AvgIpc) is 2.43. The summed E-state index contributed by atoms with van der Waals surface area (Å²) in [6.45, 7) is 0. The van der Waals surface area contributed by atoms with Crippen molar-refractivity contribution in [1.29, 1.82) is 0 Å². The van der Waals surface area contributed by atoms with E-state index in [0.29, 0.717) is 0 Å². The molecule has 60 valence electrons. The van der Waals surface area contributed by atoms with Gasteiger partial charge in [0.2, 0.25) is 0 Å². The first-order valence-corrected chi connectivity index (χ1v) is 4.17. The SMILES string of the molecule is Cn1cc2c(c1Cl)CCC2N. The second-order valence-electron chi connectivity index (χ2n) is 3.11. The molecule has 2 N–H and O–H groups in total. The molecule has 11 heavy (non-hydrogen) atoms. The summed E-state index contributed by atoms with van der Waals surface area (Å²) in [5.74, 6) is 0. The van der Waals surface area contributed by atoms with Gasteiger partial charge < -0.3 is 10.3 Å². The zero-order chi connectivity index (χ0) is 8.01. The highest BCUT2D eigenvalue weighted by molar-refractivity contribution is 6.30. The number of aromatic nitrogens is 1. The molecule has 1 aromatic heterocycles. The van der Waals surface area contributed by atoms with Gasteiger partial charge in [0.05, 0.1) is 0 Å². The minimum Gasteiger partial charge on any atom is -0.341 e. The van der Waals surface area contributed by atoms with E-state index in [4.69, 9.17) is 17.3 Å². The Labute approximate surface area is 70.9 Å². The second kappa shape index (κ2) is 2.26. The van der Waals surface area contributed by atoms with E-state index in [-0.39, 0.29) is 6.04 Å². The normalized spacial score (nSPS) is 22.3. The quantitative estimate of drug-likeness (QED) is 0.631. The number of hydrogen-bond acceptors (Lipinski definition) is 1. The summed E-state index contributed by atoms with van der Waals surface area (Å²) < 4.78 is 1.94. The zero-order valence-electron chi connectivity index (χ0n) is 6.47. The molecule has 1 atom stereocenters. The van der Waals surface area contributed by atoms with E-state index >= 15 is 0 Å². The second-order valence-corrected chi connectivity index (χ2v) is 3.47. The van der Waals surface area contributed by atoms with Gasteiger partial charge in [-0.25, -0.2) is 0 Å². The van der Waals surface area contributed by atoms with Crippen LogP contribution in [0.15, 0.2) is 6.20 Å². The Morgan fingerprint density at radius 3 is 3.09 bits per heavy atom. The molecule has 3 heteroatoms. The molecule has 2 rings (SSSR count). The Balaban J connectivity index is 2.57. The summed E-state index contributed by atoms with van der Waals surface area (Å²) >= 11 is 6.03. The van der Waals surface area contributed by atoms with Gasteiger partial charge in [0.25, 0.3) is 0 Å². The molecule has 2 nitrogen and oxygen atoms in total.